The van der Waals surface area contributed by atoms with Crippen LogP contribution in [0.5, 0.6) is 0 Å². The third-order valence-corrected chi connectivity index (χ3v) is 1.72. The molecule has 0 amide bonds. The summed E-state index contributed by atoms with van der Waals surface area (Å²) in [5, 5.41) is 0. The van der Waals surface area contributed by atoms with E-state index in [2.05, 4.69) is 9.97 Å². The standard InChI is InChI=1S/C9H14N2O/c1-6(12)7-8(9(2,3)4)11-5-10-7/h5H,1-4H3,(H,10,11). The number of hydrogen-bond donors (Lipinski definition) is 1. The van der Waals surface area contributed by atoms with Gasteiger partial charge in [-0.15, -0.1) is 0 Å². The van der Waals surface area contributed by atoms with Crippen LogP contribution in [0.4, 0.5) is 0 Å². The summed E-state index contributed by atoms with van der Waals surface area (Å²) in [6, 6.07) is 0. The SMILES string of the molecule is CC(=O)c1nc[nH]c1C(C)(C)C. The highest BCUT2D eigenvalue weighted by Gasteiger charge is 2.22. The summed E-state index contributed by atoms with van der Waals surface area (Å²) in [4.78, 5) is 18.1. The third-order valence-electron chi connectivity index (χ3n) is 1.72. The molecule has 0 aliphatic heterocycles. The number of aromatic nitrogens is 2. The van der Waals surface area contributed by atoms with Gasteiger partial charge in [0, 0.05) is 12.3 Å². The molecule has 66 valence electrons. The van der Waals surface area contributed by atoms with E-state index in [1.54, 1.807) is 6.33 Å². The van der Waals surface area contributed by atoms with Gasteiger partial charge in [-0.05, 0) is 0 Å². The fraction of sp³-hybridized carbons (Fsp3) is 0.556. The molecular formula is C9H14N2O. The second-order valence-corrected chi connectivity index (χ2v) is 3.93. The lowest BCUT2D eigenvalue weighted by atomic mass is 9.90. The van der Waals surface area contributed by atoms with Crippen molar-refractivity contribution in [2.24, 2.45) is 0 Å². The molecule has 1 aromatic rings. The Kier molecular flexibility index (Phi) is 2.04. The van der Waals surface area contributed by atoms with Crippen LogP contribution in [0.3, 0.4) is 0 Å². The van der Waals surface area contributed by atoms with Crippen LogP contribution in [0, 0.1) is 0 Å². The normalized spacial score (nSPS) is 11.7. The van der Waals surface area contributed by atoms with E-state index in [0.717, 1.165) is 5.69 Å². The Labute approximate surface area is 72.2 Å². The fourth-order valence-corrected chi connectivity index (χ4v) is 1.13. The third kappa shape index (κ3) is 1.55. The lowest BCUT2D eigenvalue weighted by Gasteiger charge is -2.16. The molecule has 0 unspecified atom stereocenters. The molecule has 1 N–H and O–H groups in total. The number of imidazole rings is 1. The molecule has 0 aliphatic rings. The first-order valence-corrected chi connectivity index (χ1v) is 3.97. The summed E-state index contributed by atoms with van der Waals surface area (Å²) in [6.45, 7) is 7.68. The molecule has 0 saturated heterocycles. The van der Waals surface area contributed by atoms with Gasteiger partial charge in [0.25, 0.3) is 0 Å². The van der Waals surface area contributed by atoms with Gasteiger partial charge in [-0.2, -0.15) is 0 Å². The Morgan fingerprint density at radius 1 is 1.50 bits per heavy atom. The number of hydrogen-bond acceptors (Lipinski definition) is 2. The van der Waals surface area contributed by atoms with Crippen molar-refractivity contribution in [1.29, 1.82) is 0 Å². The molecule has 12 heavy (non-hydrogen) atoms. The van der Waals surface area contributed by atoms with E-state index >= 15 is 0 Å². The van der Waals surface area contributed by atoms with Crippen LogP contribution in [0.2, 0.25) is 0 Å². The molecule has 3 heteroatoms. The van der Waals surface area contributed by atoms with Crippen molar-refractivity contribution < 1.29 is 4.79 Å². The van der Waals surface area contributed by atoms with Crippen molar-refractivity contribution in [2.75, 3.05) is 0 Å². The van der Waals surface area contributed by atoms with Crippen molar-refractivity contribution in [2.45, 2.75) is 33.1 Å². The van der Waals surface area contributed by atoms with Crippen molar-refractivity contribution in [1.82, 2.24) is 9.97 Å². The number of rotatable bonds is 1. The number of H-pyrrole nitrogens is 1. The lowest BCUT2D eigenvalue weighted by Crippen LogP contribution is -2.16. The Balaban J connectivity index is 3.17. The smallest absolute Gasteiger partial charge is 0.179 e. The first-order valence-electron chi connectivity index (χ1n) is 3.97. The van der Waals surface area contributed by atoms with Gasteiger partial charge < -0.3 is 4.98 Å². The van der Waals surface area contributed by atoms with Crippen LogP contribution in [0.25, 0.3) is 0 Å². The van der Waals surface area contributed by atoms with Crippen LogP contribution < -0.4 is 0 Å². The van der Waals surface area contributed by atoms with E-state index in [1.807, 2.05) is 20.8 Å². The maximum absolute atomic E-state index is 11.1. The summed E-state index contributed by atoms with van der Waals surface area (Å²) in [6.07, 6.45) is 1.57. The summed E-state index contributed by atoms with van der Waals surface area (Å²) in [5.74, 6) is 0.0150. The van der Waals surface area contributed by atoms with E-state index in [-0.39, 0.29) is 11.2 Å². The zero-order valence-corrected chi connectivity index (χ0v) is 7.93. The van der Waals surface area contributed by atoms with Crippen molar-refractivity contribution in [3.8, 4) is 0 Å². The predicted octanol–water partition coefficient (Wildman–Crippen LogP) is 1.91. The van der Waals surface area contributed by atoms with E-state index in [1.165, 1.54) is 6.92 Å². The van der Waals surface area contributed by atoms with Gasteiger partial charge in [-0.3, -0.25) is 4.79 Å². The van der Waals surface area contributed by atoms with Crippen molar-refractivity contribution >= 4 is 5.78 Å². The van der Waals surface area contributed by atoms with Gasteiger partial charge in [-0.25, -0.2) is 4.98 Å². The molecule has 3 nitrogen and oxygen atoms in total. The molecule has 0 spiro atoms. The number of aromatic amines is 1. The summed E-state index contributed by atoms with van der Waals surface area (Å²) >= 11 is 0. The Morgan fingerprint density at radius 2 is 2.08 bits per heavy atom. The van der Waals surface area contributed by atoms with Crippen molar-refractivity contribution in [3.63, 3.8) is 0 Å². The largest absolute Gasteiger partial charge is 0.347 e. The lowest BCUT2D eigenvalue weighted by molar-refractivity contribution is 0.101. The van der Waals surface area contributed by atoms with Crippen LogP contribution in [0.15, 0.2) is 6.33 Å². The Hall–Kier alpha value is -1.12. The molecule has 0 saturated carbocycles. The van der Waals surface area contributed by atoms with E-state index < -0.39 is 0 Å². The number of ketones is 1. The molecule has 0 bridgehead atoms. The average molecular weight is 166 g/mol. The van der Waals surface area contributed by atoms with Crippen LogP contribution in [-0.2, 0) is 5.41 Å². The minimum absolute atomic E-state index is 0.0150. The zero-order chi connectivity index (χ0) is 9.35. The maximum atomic E-state index is 11.1. The first-order chi connectivity index (χ1) is 5.43. The highest BCUT2D eigenvalue weighted by molar-refractivity contribution is 5.93. The molecule has 0 atom stereocenters. The monoisotopic (exact) mass is 166 g/mol. The minimum Gasteiger partial charge on any atom is -0.347 e. The van der Waals surface area contributed by atoms with Gasteiger partial charge in [-0.1, -0.05) is 20.8 Å². The molecule has 1 heterocycles. The average Bonchev–Trinajstić information content (AvgIpc) is 2.30. The number of Topliss-reactive ketones (excluding diaryl/α,β-unsaturated/α-hetero) is 1. The molecule has 0 fully saturated rings. The van der Waals surface area contributed by atoms with E-state index in [0.29, 0.717) is 5.69 Å². The van der Waals surface area contributed by atoms with Crippen LogP contribution in [-0.4, -0.2) is 15.8 Å². The fourth-order valence-electron chi connectivity index (χ4n) is 1.13. The minimum atomic E-state index is -0.0441. The molecule has 0 aromatic carbocycles. The molecular weight excluding hydrogens is 152 g/mol. The predicted molar refractivity (Wildman–Crippen MR) is 47.3 cm³/mol. The topological polar surface area (TPSA) is 45.8 Å². The number of nitrogens with zero attached hydrogens (tertiary/aromatic N) is 1. The summed E-state index contributed by atoms with van der Waals surface area (Å²) < 4.78 is 0. The van der Waals surface area contributed by atoms with Crippen molar-refractivity contribution in [3.05, 3.63) is 17.7 Å². The first kappa shape index (κ1) is 8.97. The number of carbonyl (C=O) groups excluding carboxylic acids is 1. The van der Waals surface area contributed by atoms with Gasteiger partial charge in [0.05, 0.1) is 12.0 Å². The quantitative estimate of drug-likeness (QED) is 0.648. The molecule has 0 radical (unpaired) electrons. The van der Waals surface area contributed by atoms with Gasteiger partial charge >= 0.3 is 0 Å². The summed E-state index contributed by atoms with van der Waals surface area (Å²) in [7, 11) is 0. The molecule has 0 aliphatic carbocycles. The van der Waals surface area contributed by atoms with Gasteiger partial charge in [0.2, 0.25) is 0 Å². The second kappa shape index (κ2) is 2.73. The van der Waals surface area contributed by atoms with Crippen LogP contribution in [0.1, 0.15) is 43.9 Å². The highest BCUT2D eigenvalue weighted by Crippen LogP contribution is 2.22. The van der Waals surface area contributed by atoms with E-state index in [4.69, 9.17) is 0 Å². The second-order valence-electron chi connectivity index (χ2n) is 3.93. The Morgan fingerprint density at radius 3 is 2.42 bits per heavy atom. The summed E-state index contributed by atoms with van der Waals surface area (Å²) in [5.41, 5.74) is 1.43. The highest BCUT2D eigenvalue weighted by atomic mass is 16.1. The van der Waals surface area contributed by atoms with Gasteiger partial charge in [0.15, 0.2) is 5.78 Å². The maximum Gasteiger partial charge on any atom is 0.179 e. The zero-order valence-electron chi connectivity index (χ0n) is 7.93. The number of carbonyl (C=O) groups is 1. The number of nitrogens with one attached hydrogen (secondary N) is 1. The molecule has 1 aromatic heterocycles. The van der Waals surface area contributed by atoms with Crippen LogP contribution >= 0.6 is 0 Å². The Bertz CT molecular complexity index is 294. The van der Waals surface area contributed by atoms with E-state index in [9.17, 15) is 4.79 Å². The van der Waals surface area contributed by atoms with Gasteiger partial charge in [0.1, 0.15) is 5.69 Å². The molecule has 1 rings (SSSR count).